The van der Waals surface area contributed by atoms with Gasteiger partial charge in [0, 0.05) is 6.07 Å². The van der Waals surface area contributed by atoms with Crippen molar-refractivity contribution in [3.63, 3.8) is 0 Å². The monoisotopic (exact) mass is 431 g/mol. The third-order valence-corrected chi connectivity index (χ3v) is 4.20. The number of hydrogen-bond acceptors (Lipinski definition) is 5. The molecule has 0 radical (unpaired) electrons. The highest BCUT2D eigenvalue weighted by Crippen LogP contribution is 2.34. The Morgan fingerprint density at radius 3 is 2.26 bits per heavy atom. The van der Waals surface area contributed by atoms with Crippen molar-refractivity contribution in [1.29, 1.82) is 0 Å². The Labute approximate surface area is 171 Å². The van der Waals surface area contributed by atoms with Crippen LogP contribution in [0, 0.1) is 0 Å². The van der Waals surface area contributed by atoms with Crippen LogP contribution in [0.25, 0.3) is 0 Å². The molecule has 6 nitrogen and oxygen atoms in total. The lowest BCUT2D eigenvalue weighted by Gasteiger charge is -2.19. The van der Waals surface area contributed by atoms with Crippen molar-refractivity contribution >= 4 is 46.9 Å². The molecule has 1 N–H and O–H groups in total. The molecule has 144 valence electrons. The number of carbonyl (C=O) groups is 2. The van der Waals surface area contributed by atoms with Crippen molar-refractivity contribution < 1.29 is 23.8 Å². The second kappa shape index (κ2) is 9.69. The Hall–Kier alpha value is -2.15. The summed E-state index contributed by atoms with van der Waals surface area (Å²) in [5.41, 5.74) is 0. The minimum atomic E-state index is -1.01. The average Bonchev–Trinajstić information content (AvgIpc) is 2.60. The summed E-state index contributed by atoms with van der Waals surface area (Å²) in [4.78, 5) is 23.9. The Morgan fingerprint density at radius 1 is 0.963 bits per heavy atom. The molecule has 0 saturated carbocycles. The Morgan fingerprint density at radius 2 is 1.59 bits per heavy atom. The van der Waals surface area contributed by atoms with Gasteiger partial charge in [-0.1, -0.05) is 53.0 Å². The second-order valence-corrected chi connectivity index (χ2v) is 6.60. The Balaban J connectivity index is 1.86. The smallest absolute Gasteiger partial charge is 0.415 e. The molecule has 0 aliphatic carbocycles. The normalized spacial score (nSPS) is 12.6. The van der Waals surface area contributed by atoms with E-state index >= 15 is 0 Å². The van der Waals surface area contributed by atoms with E-state index in [1.54, 1.807) is 30.3 Å². The SMILES string of the molecule is CC(NC(=O)Oc1ccccc1)OC(=O)C(C)Oc1cc(Cl)c(Cl)cc1Cl. The minimum absolute atomic E-state index is 0.180. The lowest BCUT2D eigenvalue weighted by Crippen LogP contribution is -2.40. The first kappa shape index (κ1) is 21.2. The molecule has 0 fully saturated rings. The summed E-state index contributed by atoms with van der Waals surface area (Å²) in [6, 6.07) is 11.3. The van der Waals surface area contributed by atoms with Crippen LogP contribution < -0.4 is 14.8 Å². The van der Waals surface area contributed by atoms with Gasteiger partial charge in [0.05, 0.1) is 15.1 Å². The number of benzene rings is 2. The molecule has 27 heavy (non-hydrogen) atoms. The van der Waals surface area contributed by atoms with Gasteiger partial charge in [0.1, 0.15) is 11.5 Å². The molecule has 0 bridgehead atoms. The van der Waals surface area contributed by atoms with E-state index in [-0.39, 0.29) is 20.8 Å². The van der Waals surface area contributed by atoms with E-state index < -0.39 is 24.4 Å². The van der Waals surface area contributed by atoms with E-state index in [1.807, 2.05) is 0 Å². The molecule has 2 aromatic carbocycles. The van der Waals surface area contributed by atoms with Gasteiger partial charge in [0.2, 0.25) is 0 Å². The molecular formula is C18H16Cl3NO5. The number of ether oxygens (including phenoxy) is 3. The zero-order valence-electron chi connectivity index (χ0n) is 14.4. The van der Waals surface area contributed by atoms with Gasteiger partial charge in [-0.3, -0.25) is 5.32 Å². The van der Waals surface area contributed by atoms with Crippen LogP contribution in [0.5, 0.6) is 11.5 Å². The van der Waals surface area contributed by atoms with Crippen LogP contribution >= 0.6 is 34.8 Å². The molecule has 0 saturated heterocycles. The predicted octanol–water partition coefficient (Wildman–Crippen LogP) is 5.09. The molecular weight excluding hydrogens is 417 g/mol. The molecule has 0 aromatic heterocycles. The lowest BCUT2D eigenvalue weighted by molar-refractivity contribution is -0.156. The van der Waals surface area contributed by atoms with Crippen molar-refractivity contribution in [3.05, 3.63) is 57.5 Å². The van der Waals surface area contributed by atoms with Gasteiger partial charge >= 0.3 is 12.1 Å². The van der Waals surface area contributed by atoms with E-state index in [2.05, 4.69) is 5.32 Å². The second-order valence-electron chi connectivity index (χ2n) is 5.38. The number of rotatable bonds is 6. The van der Waals surface area contributed by atoms with Gasteiger partial charge in [0.25, 0.3) is 0 Å². The highest BCUT2D eigenvalue weighted by Gasteiger charge is 2.22. The van der Waals surface area contributed by atoms with Gasteiger partial charge in [-0.05, 0) is 32.0 Å². The fraction of sp³-hybridized carbons (Fsp3) is 0.222. The molecule has 2 unspecified atom stereocenters. The zero-order valence-corrected chi connectivity index (χ0v) is 16.6. The van der Waals surface area contributed by atoms with Crippen LogP contribution in [0.15, 0.2) is 42.5 Å². The maximum absolute atomic E-state index is 12.1. The number of amides is 1. The van der Waals surface area contributed by atoms with Crippen molar-refractivity contribution in [2.24, 2.45) is 0 Å². The Bertz CT molecular complexity index is 816. The maximum atomic E-state index is 12.1. The molecule has 2 atom stereocenters. The van der Waals surface area contributed by atoms with Gasteiger partial charge in [-0.15, -0.1) is 0 Å². The van der Waals surface area contributed by atoms with Crippen molar-refractivity contribution in [2.45, 2.75) is 26.2 Å². The minimum Gasteiger partial charge on any atom is -0.477 e. The van der Waals surface area contributed by atoms with Crippen molar-refractivity contribution in [2.75, 3.05) is 0 Å². The quantitative estimate of drug-likeness (QED) is 0.391. The van der Waals surface area contributed by atoms with Crippen LogP contribution in [0.1, 0.15) is 13.8 Å². The third-order valence-electron chi connectivity index (χ3n) is 3.18. The summed E-state index contributed by atoms with van der Waals surface area (Å²) in [6.45, 7) is 2.94. The van der Waals surface area contributed by atoms with Gasteiger partial charge in [-0.25, -0.2) is 9.59 Å². The first-order valence-electron chi connectivity index (χ1n) is 7.81. The molecule has 0 spiro atoms. The standard InChI is InChI=1S/C18H16Cl3NO5/c1-10(25-16-9-14(20)13(19)8-15(16)21)17(23)26-11(2)22-18(24)27-12-6-4-3-5-7-12/h3-11H,1-2H3,(H,22,24). The fourth-order valence-electron chi connectivity index (χ4n) is 1.92. The number of halogens is 3. The molecule has 1 amide bonds. The maximum Gasteiger partial charge on any atom is 0.415 e. The highest BCUT2D eigenvalue weighted by molar-refractivity contribution is 6.43. The summed E-state index contributed by atoms with van der Waals surface area (Å²) >= 11 is 17.8. The van der Waals surface area contributed by atoms with E-state index in [0.29, 0.717) is 5.75 Å². The highest BCUT2D eigenvalue weighted by atomic mass is 35.5. The van der Waals surface area contributed by atoms with E-state index in [4.69, 9.17) is 49.0 Å². The van der Waals surface area contributed by atoms with Crippen LogP contribution in [0.3, 0.4) is 0 Å². The number of esters is 1. The summed E-state index contributed by atoms with van der Waals surface area (Å²) in [6.07, 6.45) is -2.71. The van der Waals surface area contributed by atoms with Gasteiger partial charge in [0.15, 0.2) is 12.3 Å². The van der Waals surface area contributed by atoms with Gasteiger partial charge in [-0.2, -0.15) is 0 Å². The molecule has 2 aromatic rings. The summed E-state index contributed by atoms with van der Waals surface area (Å²) in [5, 5.41) is 3.07. The zero-order chi connectivity index (χ0) is 20.0. The van der Waals surface area contributed by atoms with Crippen molar-refractivity contribution in [3.8, 4) is 11.5 Å². The average molecular weight is 433 g/mol. The molecule has 9 heteroatoms. The fourth-order valence-corrected chi connectivity index (χ4v) is 2.51. The van der Waals surface area contributed by atoms with Crippen LogP contribution in [0.2, 0.25) is 15.1 Å². The number of carbonyl (C=O) groups excluding carboxylic acids is 2. The predicted molar refractivity (Wildman–Crippen MR) is 103 cm³/mol. The summed E-state index contributed by atoms with van der Waals surface area (Å²) in [5.74, 6) is -0.177. The van der Waals surface area contributed by atoms with Crippen LogP contribution in [-0.2, 0) is 9.53 Å². The first-order chi connectivity index (χ1) is 12.8. The van der Waals surface area contributed by atoms with E-state index in [1.165, 1.54) is 26.0 Å². The van der Waals surface area contributed by atoms with Gasteiger partial charge < -0.3 is 14.2 Å². The third kappa shape index (κ3) is 6.50. The Kier molecular flexibility index (Phi) is 7.59. The largest absolute Gasteiger partial charge is 0.477 e. The number of para-hydroxylation sites is 1. The molecule has 2 rings (SSSR count). The van der Waals surface area contributed by atoms with E-state index in [9.17, 15) is 9.59 Å². The first-order valence-corrected chi connectivity index (χ1v) is 8.94. The molecule has 0 heterocycles. The molecule has 0 aliphatic heterocycles. The number of hydrogen-bond donors (Lipinski definition) is 1. The van der Waals surface area contributed by atoms with Crippen molar-refractivity contribution in [1.82, 2.24) is 5.32 Å². The lowest BCUT2D eigenvalue weighted by atomic mass is 10.3. The molecule has 0 aliphatic rings. The topological polar surface area (TPSA) is 73.9 Å². The van der Waals surface area contributed by atoms with E-state index in [0.717, 1.165) is 0 Å². The number of nitrogens with one attached hydrogen (secondary N) is 1. The summed E-state index contributed by atoms with van der Waals surface area (Å²) < 4.78 is 15.6. The summed E-state index contributed by atoms with van der Waals surface area (Å²) in [7, 11) is 0. The van der Waals surface area contributed by atoms with Crippen LogP contribution in [0.4, 0.5) is 4.79 Å². The van der Waals surface area contributed by atoms with Crippen LogP contribution in [-0.4, -0.2) is 24.4 Å².